The zero-order valence-corrected chi connectivity index (χ0v) is 9.04. The molecule has 0 radical (unpaired) electrons. The van der Waals surface area contributed by atoms with E-state index in [0.717, 1.165) is 6.07 Å². The molecule has 2 N–H and O–H groups in total. The summed E-state index contributed by atoms with van der Waals surface area (Å²) in [5.74, 6) is -2.02. The third-order valence-electron chi connectivity index (χ3n) is 2.95. The number of carbonyl (C=O) groups is 1. The van der Waals surface area contributed by atoms with Crippen LogP contribution in [0.15, 0.2) is 18.2 Å². The summed E-state index contributed by atoms with van der Waals surface area (Å²) in [6.07, 6.45) is 0.150. The van der Waals surface area contributed by atoms with E-state index in [1.165, 1.54) is 12.1 Å². The Bertz CT molecular complexity index is 441. The highest BCUT2D eigenvalue weighted by molar-refractivity contribution is 6.31. The van der Waals surface area contributed by atoms with Gasteiger partial charge in [0.1, 0.15) is 5.82 Å². The number of hydrogen-bond acceptors (Lipinski definition) is 2. The fourth-order valence-corrected chi connectivity index (χ4v) is 2.30. The van der Waals surface area contributed by atoms with Crippen molar-refractivity contribution >= 4 is 17.6 Å². The van der Waals surface area contributed by atoms with Crippen molar-refractivity contribution in [3.8, 4) is 0 Å². The lowest BCUT2D eigenvalue weighted by Gasteiger charge is -2.42. The molecular formula is C11H10ClFO3. The van der Waals surface area contributed by atoms with E-state index in [1.807, 2.05) is 0 Å². The summed E-state index contributed by atoms with van der Waals surface area (Å²) in [4.78, 5) is 10.6. The first-order valence-electron chi connectivity index (χ1n) is 4.83. The minimum absolute atomic E-state index is 0.0749. The first-order chi connectivity index (χ1) is 7.42. The first-order valence-corrected chi connectivity index (χ1v) is 5.21. The quantitative estimate of drug-likeness (QED) is 0.838. The van der Waals surface area contributed by atoms with Crippen LogP contribution in [-0.4, -0.2) is 16.2 Å². The van der Waals surface area contributed by atoms with Gasteiger partial charge in [0.25, 0.3) is 0 Å². The lowest BCUT2D eigenvalue weighted by Crippen LogP contribution is -2.44. The molecule has 0 amide bonds. The molecule has 1 aliphatic carbocycles. The van der Waals surface area contributed by atoms with Gasteiger partial charge < -0.3 is 10.2 Å². The number of carboxylic acids is 1. The van der Waals surface area contributed by atoms with E-state index in [4.69, 9.17) is 16.7 Å². The molecule has 86 valence electrons. The Kier molecular flexibility index (Phi) is 2.64. The normalized spacial score (nSPS) is 28.6. The summed E-state index contributed by atoms with van der Waals surface area (Å²) in [5, 5.41) is 19.1. The average molecular weight is 245 g/mol. The zero-order valence-electron chi connectivity index (χ0n) is 8.28. The van der Waals surface area contributed by atoms with Crippen molar-refractivity contribution in [2.24, 2.45) is 5.92 Å². The van der Waals surface area contributed by atoms with Crippen LogP contribution in [0.3, 0.4) is 0 Å². The maximum Gasteiger partial charge on any atom is 0.306 e. The predicted octanol–water partition coefficient (Wildman–Crippen LogP) is 2.16. The Hall–Kier alpha value is -1.13. The highest BCUT2D eigenvalue weighted by Crippen LogP contribution is 2.47. The minimum Gasteiger partial charge on any atom is -0.481 e. The summed E-state index contributed by atoms with van der Waals surface area (Å²) >= 11 is 5.85. The lowest BCUT2D eigenvalue weighted by molar-refractivity contribution is -0.159. The van der Waals surface area contributed by atoms with Crippen molar-refractivity contribution in [3.05, 3.63) is 34.6 Å². The maximum absolute atomic E-state index is 13.0. The van der Waals surface area contributed by atoms with E-state index in [9.17, 15) is 14.3 Å². The van der Waals surface area contributed by atoms with Crippen LogP contribution < -0.4 is 0 Å². The summed E-state index contributed by atoms with van der Waals surface area (Å²) in [6, 6.07) is 3.71. The van der Waals surface area contributed by atoms with Crippen molar-refractivity contribution < 1.29 is 19.4 Å². The van der Waals surface area contributed by atoms with Crippen molar-refractivity contribution in [1.82, 2.24) is 0 Å². The van der Waals surface area contributed by atoms with E-state index < -0.39 is 23.3 Å². The van der Waals surface area contributed by atoms with Crippen LogP contribution in [0, 0.1) is 11.7 Å². The molecule has 2 rings (SSSR count). The summed E-state index contributed by atoms with van der Waals surface area (Å²) in [5.41, 5.74) is -1.03. The standard InChI is InChI=1S/C11H10ClFO3/c12-9-2-1-7(13)3-8(9)11(16)4-6(5-11)10(14)15/h1-3,6,16H,4-5H2,(H,14,15). The molecular weight excluding hydrogens is 235 g/mol. The topological polar surface area (TPSA) is 57.5 Å². The van der Waals surface area contributed by atoms with Gasteiger partial charge in [-0.1, -0.05) is 11.6 Å². The highest BCUT2D eigenvalue weighted by atomic mass is 35.5. The third-order valence-corrected chi connectivity index (χ3v) is 3.28. The van der Waals surface area contributed by atoms with Crippen LogP contribution in [0.5, 0.6) is 0 Å². The Labute approximate surface area is 96.5 Å². The van der Waals surface area contributed by atoms with Crippen molar-refractivity contribution in [2.75, 3.05) is 0 Å². The minimum atomic E-state index is -1.30. The van der Waals surface area contributed by atoms with Gasteiger partial charge in [0.05, 0.1) is 11.5 Å². The number of benzene rings is 1. The number of rotatable bonds is 2. The number of halogens is 2. The second-order valence-corrected chi connectivity index (χ2v) is 4.51. The molecule has 1 saturated carbocycles. The van der Waals surface area contributed by atoms with Crippen molar-refractivity contribution in [3.63, 3.8) is 0 Å². The van der Waals surface area contributed by atoms with Crippen molar-refractivity contribution in [1.29, 1.82) is 0 Å². The Morgan fingerprint density at radius 1 is 1.50 bits per heavy atom. The summed E-state index contributed by atoms with van der Waals surface area (Å²) in [6.45, 7) is 0. The predicted molar refractivity (Wildman–Crippen MR) is 55.7 cm³/mol. The smallest absolute Gasteiger partial charge is 0.306 e. The van der Waals surface area contributed by atoms with Crippen molar-refractivity contribution in [2.45, 2.75) is 18.4 Å². The first kappa shape index (κ1) is 11.4. The number of aliphatic carboxylic acids is 1. The lowest BCUT2D eigenvalue weighted by atomic mass is 9.67. The monoisotopic (exact) mass is 244 g/mol. The van der Waals surface area contributed by atoms with Gasteiger partial charge in [-0.25, -0.2) is 4.39 Å². The highest BCUT2D eigenvalue weighted by Gasteiger charge is 2.48. The van der Waals surface area contributed by atoms with Gasteiger partial charge in [-0.05, 0) is 31.0 Å². The number of carboxylic acid groups (broad SMARTS) is 1. The molecule has 16 heavy (non-hydrogen) atoms. The van der Waals surface area contributed by atoms with E-state index in [1.54, 1.807) is 0 Å². The van der Waals surface area contributed by atoms with E-state index in [-0.39, 0.29) is 23.4 Å². The molecule has 0 aliphatic heterocycles. The molecule has 1 aliphatic rings. The molecule has 0 unspecified atom stereocenters. The van der Waals surface area contributed by atoms with Gasteiger partial charge in [-0.15, -0.1) is 0 Å². The van der Waals surface area contributed by atoms with Gasteiger partial charge >= 0.3 is 5.97 Å². The third kappa shape index (κ3) is 1.79. The van der Waals surface area contributed by atoms with Gasteiger partial charge in [-0.3, -0.25) is 4.79 Å². The van der Waals surface area contributed by atoms with Gasteiger partial charge in [0.15, 0.2) is 0 Å². The fraction of sp³-hybridized carbons (Fsp3) is 0.364. The average Bonchev–Trinajstić information content (AvgIpc) is 2.16. The maximum atomic E-state index is 13.0. The van der Waals surface area contributed by atoms with Gasteiger partial charge in [-0.2, -0.15) is 0 Å². The van der Waals surface area contributed by atoms with Crippen LogP contribution >= 0.6 is 11.6 Å². The van der Waals surface area contributed by atoms with Crippen LogP contribution in [0.2, 0.25) is 5.02 Å². The summed E-state index contributed by atoms with van der Waals surface area (Å²) in [7, 11) is 0. The molecule has 0 saturated heterocycles. The SMILES string of the molecule is O=C(O)C1CC(O)(c2cc(F)ccc2Cl)C1. The van der Waals surface area contributed by atoms with Gasteiger partial charge in [0, 0.05) is 10.6 Å². The Balaban J connectivity index is 2.26. The van der Waals surface area contributed by atoms with Crippen LogP contribution in [0.4, 0.5) is 4.39 Å². The van der Waals surface area contributed by atoms with E-state index >= 15 is 0 Å². The van der Waals surface area contributed by atoms with Crippen LogP contribution in [0.1, 0.15) is 18.4 Å². The van der Waals surface area contributed by atoms with Crippen LogP contribution in [0.25, 0.3) is 0 Å². The van der Waals surface area contributed by atoms with Crippen LogP contribution in [-0.2, 0) is 10.4 Å². The number of aliphatic hydroxyl groups is 1. The fourth-order valence-electron chi connectivity index (χ4n) is 2.00. The molecule has 1 fully saturated rings. The number of hydrogen-bond donors (Lipinski definition) is 2. The molecule has 0 bridgehead atoms. The molecule has 0 heterocycles. The molecule has 3 nitrogen and oxygen atoms in total. The zero-order chi connectivity index (χ0) is 11.9. The van der Waals surface area contributed by atoms with E-state index in [0.29, 0.717) is 0 Å². The second-order valence-electron chi connectivity index (χ2n) is 4.10. The molecule has 0 atom stereocenters. The summed E-state index contributed by atoms with van der Waals surface area (Å²) < 4.78 is 13.0. The molecule has 0 spiro atoms. The Morgan fingerprint density at radius 3 is 2.69 bits per heavy atom. The molecule has 1 aromatic carbocycles. The van der Waals surface area contributed by atoms with Gasteiger partial charge in [0.2, 0.25) is 0 Å². The molecule has 1 aromatic rings. The Morgan fingerprint density at radius 2 is 2.12 bits per heavy atom. The largest absolute Gasteiger partial charge is 0.481 e. The molecule has 0 aromatic heterocycles. The van der Waals surface area contributed by atoms with E-state index in [2.05, 4.69) is 0 Å². The molecule has 5 heteroatoms. The second kappa shape index (κ2) is 3.71.